The molecule has 23 heavy (non-hydrogen) atoms. The van der Waals surface area contributed by atoms with E-state index in [-0.39, 0.29) is 12.1 Å². The number of hydrogen-bond donors (Lipinski definition) is 1. The van der Waals surface area contributed by atoms with Crippen molar-refractivity contribution < 1.29 is 17.9 Å². The van der Waals surface area contributed by atoms with Crippen molar-refractivity contribution in [1.82, 2.24) is 4.72 Å². The van der Waals surface area contributed by atoms with Crippen molar-refractivity contribution >= 4 is 20.8 Å². The van der Waals surface area contributed by atoms with Crippen LogP contribution < -0.4 is 9.46 Å². The first-order valence-corrected chi connectivity index (χ1v) is 9.27. The third-order valence-electron chi connectivity index (χ3n) is 4.90. The summed E-state index contributed by atoms with van der Waals surface area (Å²) >= 11 is 0. The first-order chi connectivity index (χ1) is 11.1. The molecule has 2 fully saturated rings. The highest BCUT2D eigenvalue weighted by Crippen LogP contribution is 2.39. The minimum Gasteiger partial charge on any atom is -0.497 e. The molecule has 0 radical (unpaired) electrons. The zero-order valence-corrected chi connectivity index (χ0v) is 13.7. The second-order valence-electron chi connectivity index (χ2n) is 6.20. The van der Waals surface area contributed by atoms with E-state index in [0.717, 1.165) is 36.0 Å². The maximum atomic E-state index is 12.6. The topological polar surface area (TPSA) is 64.6 Å². The summed E-state index contributed by atoms with van der Waals surface area (Å²) in [6, 6.07) is 10.8. The highest BCUT2D eigenvalue weighted by Gasteiger charge is 2.46. The first-order valence-electron chi connectivity index (χ1n) is 7.78. The summed E-state index contributed by atoms with van der Waals surface area (Å²) in [6.45, 7) is 0.741. The summed E-state index contributed by atoms with van der Waals surface area (Å²) in [5, 5.41) is 1.83. The molecule has 1 saturated heterocycles. The number of nitrogens with one attached hydrogen (secondary N) is 1. The second kappa shape index (κ2) is 5.47. The second-order valence-corrected chi connectivity index (χ2v) is 7.91. The highest BCUT2D eigenvalue weighted by molar-refractivity contribution is 7.89. The maximum absolute atomic E-state index is 12.6. The molecule has 4 rings (SSSR count). The summed E-state index contributed by atoms with van der Waals surface area (Å²) in [5.41, 5.74) is 0. The fourth-order valence-corrected chi connectivity index (χ4v) is 4.83. The molecule has 0 spiro atoms. The average molecular weight is 333 g/mol. The lowest BCUT2D eigenvalue weighted by Gasteiger charge is -2.39. The van der Waals surface area contributed by atoms with Crippen molar-refractivity contribution in [3.05, 3.63) is 36.4 Å². The molecular weight excluding hydrogens is 314 g/mol. The smallest absolute Gasteiger partial charge is 0.240 e. The summed E-state index contributed by atoms with van der Waals surface area (Å²) in [4.78, 5) is 0.303. The van der Waals surface area contributed by atoms with Crippen LogP contribution in [0.1, 0.15) is 12.8 Å². The number of ether oxygens (including phenoxy) is 2. The largest absolute Gasteiger partial charge is 0.497 e. The summed E-state index contributed by atoms with van der Waals surface area (Å²) in [6.07, 6.45) is 1.95. The van der Waals surface area contributed by atoms with Crippen LogP contribution in [0.3, 0.4) is 0 Å². The van der Waals surface area contributed by atoms with Crippen molar-refractivity contribution in [3.63, 3.8) is 0 Å². The number of fused-ring (bicyclic) bond motifs is 2. The number of rotatable bonds is 4. The van der Waals surface area contributed by atoms with E-state index in [4.69, 9.17) is 9.47 Å². The van der Waals surface area contributed by atoms with Crippen LogP contribution in [0.25, 0.3) is 10.8 Å². The van der Waals surface area contributed by atoms with Crippen LogP contribution in [0.2, 0.25) is 0 Å². The molecule has 1 N–H and O–H groups in total. The highest BCUT2D eigenvalue weighted by atomic mass is 32.2. The van der Waals surface area contributed by atoms with Crippen molar-refractivity contribution in [2.24, 2.45) is 5.92 Å². The molecule has 5 nitrogen and oxygen atoms in total. The Bertz CT molecular complexity index is 849. The summed E-state index contributed by atoms with van der Waals surface area (Å²) < 4.78 is 38.8. The molecule has 2 aromatic rings. The zero-order valence-electron chi connectivity index (χ0n) is 12.9. The van der Waals surface area contributed by atoms with E-state index in [9.17, 15) is 8.42 Å². The van der Waals surface area contributed by atoms with Crippen LogP contribution in [0.4, 0.5) is 0 Å². The van der Waals surface area contributed by atoms with Crippen LogP contribution in [0.15, 0.2) is 41.3 Å². The Kier molecular flexibility index (Phi) is 3.55. The summed E-state index contributed by atoms with van der Waals surface area (Å²) in [5.74, 6) is 1.09. The standard InChI is InChI=1S/C17H19NO4S/c1-21-13-4-2-12-9-14(5-3-11(12)8-13)23(19,20)18-16-10-17-15(16)6-7-22-17/h2-5,8-9,15-18H,6-7,10H2,1H3/t15-,16+,17+/m1/s1. The fourth-order valence-electron chi connectivity index (χ4n) is 3.50. The van der Waals surface area contributed by atoms with Crippen molar-refractivity contribution in [1.29, 1.82) is 0 Å². The third kappa shape index (κ3) is 2.60. The Hall–Kier alpha value is -1.63. The van der Waals surface area contributed by atoms with Gasteiger partial charge in [0.05, 0.1) is 18.1 Å². The van der Waals surface area contributed by atoms with Gasteiger partial charge in [0.15, 0.2) is 0 Å². The molecule has 6 heteroatoms. The fraction of sp³-hybridized carbons (Fsp3) is 0.412. The molecule has 3 atom stereocenters. The molecule has 122 valence electrons. The van der Waals surface area contributed by atoms with E-state index in [1.165, 1.54) is 0 Å². The Balaban J connectivity index is 1.59. The number of sulfonamides is 1. The minimum atomic E-state index is -3.50. The SMILES string of the molecule is COc1ccc2cc(S(=O)(=O)N[C@H]3C[C@@H]4OCC[C@H]34)ccc2c1. The predicted octanol–water partition coefficient (Wildman–Crippen LogP) is 2.30. The van der Waals surface area contributed by atoms with E-state index in [1.807, 2.05) is 24.3 Å². The van der Waals surface area contributed by atoms with Gasteiger partial charge in [-0.2, -0.15) is 0 Å². The first kappa shape index (κ1) is 14.9. The van der Waals surface area contributed by atoms with E-state index in [2.05, 4.69) is 4.72 Å². The molecule has 1 saturated carbocycles. The Labute approximate surface area is 135 Å². The van der Waals surface area contributed by atoms with Gasteiger partial charge in [-0.05, 0) is 47.9 Å². The molecule has 1 heterocycles. The van der Waals surface area contributed by atoms with E-state index in [1.54, 1.807) is 19.2 Å². The third-order valence-corrected chi connectivity index (χ3v) is 6.39. The van der Waals surface area contributed by atoms with Crippen molar-refractivity contribution in [3.8, 4) is 5.75 Å². The zero-order chi connectivity index (χ0) is 16.0. The molecule has 0 aromatic heterocycles. The van der Waals surface area contributed by atoms with Gasteiger partial charge in [-0.1, -0.05) is 12.1 Å². The van der Waals surface area contributed by atoms with Gasteiger partial charge in [0.1, 0.15) is 5.75 Å². The molecule has 2 aliphatic rings. The van der Waals surface area contributed by atoms with E-state index < -0.39 is 10.0 Å². The van der Waals surface area contributed by atoms with Crippen LogP contribution in [-0.4, -0.2) is 34.3 Å². The molecule has 1 aliphatic carbocycles. The monoisotopic (exact) mass is 333 g/mol. The molecule has 0 unspecified atom stereocenters. The van der Waals surface area contributed by atoms with Gasteiger partial charge in [0, 0.05) is 18.6 Å². The van der Waals surface area contributed by atoms with Crippen LogP contribution in [-0.2, 0) is 14.8 Å². The van der Waals surface area contributed by atoms with Gasteiger partial charge in [-0.15, -0.1) is 0 Å². The lowest BCUT2D eigenvalue weighted by atomic mass is 9.77. The van der Waals surface area contributed by atoms with Gasteiger partial charge in [-0.25, -0.2) is 13.1 Å². The van der Waals surface area contributed by atoms with Gasteiger partial charge in [0.25, 0.3) is 0 Å². The van der Waals surface area contributed by atoms with Crippen LogP contribution in [0, 0.1) is 5.92 Å². The van der Waals surface area contributed by atoms with Gasteiger partial charge < -0.3 is 9.47 Å². The van der Waals surface area contributed by atoms with E-state index in [0.29, 0.717) is 10.8 Å². The normalized spacial score (nSPS) is 26.7. The van der Waals surface area contributed by atoms with Crippen molar-refractivity contribution in [2.45, 2.75) is 29.9 Å². The Morgan fingerprint density at radius 3 is 2.74 bits per heavy atom. The van der Waals surface area contributed by atoms with Gasteiger partial charge in [0.2, 0.25) is 10.0 Å². The molecule has 2 aromatic carbocycles. The Morgan fingerprint density at radius 2 is 1.96 bits per heavy atom. The number of methoxy groups -OCH3 is 1. The number of hydrogen-bond acceptors (Lipinski definition) is 4. The van der Waals surface area contributed by atoms with Gasteiger partial charge in [-0.3, -0.25) is 0 Å². The van der Waals surface area contributed by atoms with E-state index >= 15 is 0 Å². The quantitative estimate of drug-likeness (QED) is 0.932. The maximum Gasteiger partial charge on any atom is 0.240 e. The molecular formula is C17H19NO4S. The number of benzene rings is 2. The molecule has 0 bridgehead atoms. The molecule has 1 aliphatic heterocycles. The molecule has 0 amide bonds. The Morgan fingerprint density at radius 1 is 1.17 bits per heavy atom. The lowest BCUT2D eigenvalue weighted by Crippen LogP contribution is -2.53. The van der Waals surface area contributed by atoms with Gasteiger partial charge >= 0.3 is 0 Å². The van der Waals surface area contributed by atoms with Crippen molar-refractivity contribution in [2.75, 3.05) is 13.7 Å². The predicted molar refractivity (Wildman–Crippen MR) is 87.1 cm³/mol. The summed E-state index contributed by atoms with van der Waals surface area (Å²) in [7, 11) is -1.89. The minimum absolute atomic E-state index is 0.000866. The average Bonchev–Trinajstić information content (AvgIpc) is 2.93. The lowest BCUT2D eigenvalue weighted by molar-refractivity contribution is 0.0143. The van der Waals surface area contributed by atoms with Crippen LogP contribution >= 0.6 is 0 Å². The van der Waals surface area contributed by atoms with Crippen LogP contribution in [0.5, 0.6) is 5.75 Å².